The molecule has 2 N–H and O–H groups in total. The number of aromatic nitrogens is 2. The Kier molecular flexibility index (Phi) is 5.70. The lowest BCUT2D eigenvalue weighted by molar-refractivity contribution is -0.118. The average molecular weight is 498 g/mol. The number of carbonyl (C=O) groups excluding carboxylic acids is 1. The van der Waals surface area contributed by atoms with E-state index in [1.165, 1.54) is 6.07 Å². The molecule has 0 bridgehead atoms. The van der Waals surface area contributed by atoms with Crippen LogP contribution in [0.15, 0.2) is 35.1 Å². The molecule has 1 aromatic carbocycles. The normalized spacial score (nSPS) is 20.1. The van der Waals surface area contributed by atoms with Crippen molar-refractivity contribution in [3.8, 4) is 5.75 Å². The van der Waals surface area contributed by atoms with Gasteiger partial charge in [-0.25, -0.2) is 9.37 Å². The molecule has 0 saturated carbocycles. The molecule has 10 heteroatoms. The van der Waals surface area contributed by atoms with Crippen LogP contribution in [0.2, 0.25) is 5.02 Å². The number of carbonyl (C=O) groups is 1. The number of halogens is 2. The van der Waals surface area contributed by atoms with Crippen LogP contribution < -0.4 is 20.9 Å². The Morgan fingerprint density at radius 3 is 2.83 bits per heavy atom. The largest absolute Gasteiger partial charge is 0.480 e. The van der Waals surface area contributed by atoms with Crippen LogP contribution >= 0.6 is 11.6 Å². The monoisotopic (exact) mass is 497 g/mol. The first-order valence-corrected chi connectivity index (χ1v) is 12.2. The van der Waals surface area contributed by atoms with E-state index in [2.05, 4.69) is 20.5 Å². The predicted octanol–water partition coefficient (Wildman–Crippen LogP) is 2.87. The quantitative estimate of drug-likeness (QED) is 0.563. The average Bonchev–Trinajstić information content (AvgIpc) is 3.24. The molecule has 0 aliphatic carbocycles. The highest BCUT2D eigenvalue weighted by atomic mass is 35.5. The summed E-state index contributed by atoms with van der Waals surface area (Å²) in [5, 5.41) is 7.64. The van der Waals surface area contributed by atoms with Crippen LogP contribution in [0.4, 0.5) is 10.2 Å². The Morgan fingerprint density at radius 1 is 1.20 bits per heavy atom. The number of nitrogens with zero attached hydrogens (tertiary/aromatic N) is 3. The van der Waals surface area contributed by atoms with Crippen molar-refractivity contribution in [2.24, 2.45) is 0 Å². The summed E-state index contributed by atoms with van der Waals surface area (Å²) in [4.78, 5) is 30.8. The van der Waals surface area contributed by atoms with Crippen LogP contribution in [-0.4, -0.2) is 52.6 Å². The van der Waals surface area contributed by atoms with Crippen LogP contribution in [0.25, 0.3) is 10.9 Å². The van der Waals surface area contributed by atoms with Gasteiger partial charge in [0.1, 0.15) is 5.82 Å². The molecule has 3 aromatic rings. The molecule has 1 unspecified atom stereocenters. The third-order valence-corrected chi connectivity index (χ3v) is 7.53. The topological polar surface area (TPSA) is 88.5 Å². The molecular weight excluding hydrogens is 473 g/mol. The number of piperidine rings is 1. The number of hydrogen-bond donors (Lipinski definition) is 2. The van der Waals surface area contributed by atoms with Crippen LogP contribution in [0, 0.1) is 5.82 Å². The van der Waals surface area contributed by atoms with E-state index in [0.29, 0.717) is 47.0 Å². The van der Waals surface area contributed by atoms with Gasteiger partial charge in [-0.05, 0) is 49.5 Å². The van der Waals surface area contributed by atoms with Gasteiger partial charge in [-0.1, -0.05) is 11.6 Å². The molecule has 1 fully saturated rings. The molecule has 6 rings (SSSR count). The fourth-order valence-electron chi connectivity index (χ4n) is 5.45. The Hall–Kier alpha value is -3.01. The fraction of sp³-hybridized carbons (Fsp3) is 0.400. The summed E-state index contributed by atoms with van der Waals surface area (Å²) in [7, 11) is 0. The first kappa shape index (κ1) is 22.5. The number of benzene rings is 1. The lowest BCUT2D eigenvalue weighted by atomic mass is 9.97. The van der Waals surface area contributed by atoms with Crippen LogP contribution in [-0.2, 0) is 17.9 Å². The van der Waals surface area contributed by atoms with Gasteiger partial charge in [0.15, 0.2) is 18.2 Å². The summed E-state index contributed by atoms with van der Waals surface area (Å²) in [6, 6.07) is 8.59. The lowest BCUT2D eigenvalue weighted by Gasteiger charge is -2.34. The van der Waals surface area contributed by atoms with E-state index in [9.17, 15) is 14.0 Å². The zero-order valence-corrected chi connectivity index (χ0v) is 19.8. The molecule has 0 radical (unpaired) electrons. The summed E-state index contributed by atoms with van der Waals surface area (Å²) in [6.07, 6.45) is 1.88. The second kappa shape index (κ2) is 8.89. The van der Waals surface area contributed by atoms with E-state index in [4.69, 9.17) is 16.3 Å². The number of hydrogen-bond acceptors (Lipinski definition) is 6. The summed E-state index contributed by atoms with van der Waals surface area (Å²) >= 11 is 6.37. The summed E-state index contributed by atoms with van der Waals surface area (Å²) in [5.41, 5.74) is 2.01. The van der Waals surface area contributed by atoms with Crippen LogP contribution in [0.3, 0.4) is 0 Å². The second-order valence-corrected chi connectivity index (χ2v) is 9.84. The first-order valence-electron chi connectivity index (χ1n) is 11.9. The van der Waals surface area contributed by atoms with Gasteiger partial charge in [0, 0.05) is 49.3 Å². The van der Waals surface area contributed by atoms with Crippen LogP contribution in [0.5, 0.6) is 5.75 Å². The zero-order chi connectivity index (χ0) is 24.1. The van der Waals surface area contributed by atoms with Crippen molar-refractivity contribution in [2.75, 3.05) is 31.6 Å². The second-order valence-electron chi connectivity index (χ2n) is 9.43. The van der Waals surface area contributed by atoms with Crippen molar-refractivity contribution >= 4 is 34.2 Å². The van der Waals surface area contributed by atoms with E-state index in [1.807, 2.05) is 0 Å². The summed E-state index contributed by atoms with van der Waals surface area (Å²) < 4.78 is 21.9. The molecule has 2 aromatic heterocycles. The number of pyridine rings is 2. The van der Waals surface area contributed by atoms with E-state index >= 15 is 0 Å². The van der Waals surface area contributed by atoms with Crippen molar-refractivity contribution in [3.05, 3.63) is 62.8 Å². The molecule has 182 valence electrons. The van der Waals surface area contributed by atoms with E-state index < -0.39 is 0 Å². The third kappa shape index (κ3) is 4.17. The maximum absolute atomic E-state index is 14.8. The summed E-state index contributed by atoms with van der Waals surface area (Å²) in [5.74, 6) is 0.386. The van der Waals surface area contributed by atoms with Gasteiger partial charge in [0.05, 0.1) is 16.2 Å². The Labute approximate surface area is 206 Å². The number of nitrogens with one attached hydrogen (secondary N) is 2. The maximum Gasteiger partial charge on any atom is 0.263 e. The van der Waals surface area contributed by atoms with E-state index in [1.54, 1.807) is 28.8 Å². The first-order chi connectivity index (χ1) is 17.0. The van der Waals surface area contributed by atoms with Gasteiger partial charge >= 0.3 is 0 Å². The molecule has 3 aliphatic rings. The molecule has 0 spiro atoms. The van der Waals surface area contributed by atoms with Gasteiger partial charge in [0.2, 0.25) is 0 Å². The highest BCUT2D eigenvalue weighted by Crippen LogP contribution is 2.36. The highest BCUT2D eigenvalue weighted by Gasteiger charge is 2.31. The molecule has 5 heterocycles. The van der Waals surface area contributed by atoms with Gasteiger partial charge in [0.25, 0.3) is 11.5 Å². The van der Waals surface area contributed by atoms with Gasteiger partial charge in [-0.2, -0.15) is 0 Å². The fourth-order valence-corrected chi connectivity index (χ4v) is 5.65. The molecule has 1 saturated heterocycles. The molecule has 8 nitrogen and oxygen atoms in total. The number of amides is 1. The van der Waals surface area contributed by atoms with Crippen molar-refractivity contribution in [1.82, 2.24) is 19.8 Å². The minimum atomic E-state index is -0.232. The van der Waals surface area contributed by atoms with Crippen LogP contribution in [0.1, 0.15) is 30.0 Å². The molecule has 1 amide bonds. The minimum Gasteiger partial charge on any atom is -0.480 e. The Morgan fingerprint density at radius 2 is 2.00 bits per heavy atom. The number of likely N-dealkylation sites (tertiary alicyclic amines) is 1. The number of rotatable bonds is 5. The standard InChI is InChI=1S/C25H25ClFN5O3/c26-17-9-20-25(30-21(33)13-35-20)29-19(17)10-28-16-5-7-31(8-6-16)11-15-12-32-22(34)4-2-14-1-3-18(27)23(15)24(14)32/h1-4,9,15-16,28H,5-8,10-13H2,(H,29,30,33). The molecule has 35 heavy (non-hydrogen) atoms. The smallest absolute Gasteiger partial charge is 0.263 e. The van der Waals surface area contributed by atoms with Crippen molar-refractivity contribution < 1.29 is 13.9 Å². The minimum absolute atomic E-state index is 0.0331. The van der Waals surface area contributed by atoms with Gasteiger partial charge in [-0.3, -0.25) is 9.59 Å². The van der Waals surface area contributed by atoms with Crippen molar-refractivity contribution in [3.63, 3.8) is 0 Å². The van der Waals surface area contributed by atoms with Crippen molar-refractivity contribution in [1.29, 1.82) is 0 Å². The van der Waals surface area contributed by atoms with Gasteiger partial charge < -0.3 is 24.8 Å². The number of fused-ring (bicyclic) bond motifs is 1. The molecule has 1 atom stereocenters. The maximum atomic E-state index is 14.8. The highest BCUT2D eigenvalue weighted by molar-refractivity contribution is 6.31. The van der Waals surface area contributed by atoms with E-state index in [0.717, 1.165) is 43.4 Å². The van der Waals surface area contributed by atoms with Gasteiger partial charge in [-0.15, -0.1) is 0 Å². The summed E-state index contributed by atoms with van der Waals surface area (Å²) in [6.45, 7) is 3.46. The Bertz CT molecular complexity index is 1390. The van der Waals surface area contributed by atoms with E-state index in [-0.39, 0.29) is 29.8 Å². The number of anilines is 1. The SMILES string of the molecule is O=C1COc2cc(Cl)c(CNC3CCN(CC4Cn5c(=O)ccc6ccc(F)c4c65)CC3)nc2N1. The Balaban J connectivity index is 1.07. The molecule has 3 aliphatic heterocycles. The molecular formula is C25H25ClFN5O3. The number of ether oxygens (including phenoxy) is 1. The zero-order valence-electron chi connectivity index (χ0n) is 19.0. The predicted molar refractivity (Wildman–Crippen MR) is 131 cm³/mol. The lowest BCUT2D eigenvalue weighted by Crippen LogP contribution is -2.43. The third-order valence-electron chi connectivity index (χ3n) is 7.20. The van der Waals surface area contributed by atoms with Crippen molar-refractivity contribution in [2.45, 2.75) is 37.9 Å².